The normalized spacial score (nSPS) is 42.3. The summed E-state index contributed by atoms with van der Waals surface area (Å²) >= 11 is 0. The lowest BCUT2D eigenvalue weighted by Gasteiger charge is -2.40. The molecule has 3 heteroatoms. The van der Waals surface area contributed by atoms with E-state index >= 15 is 0 Å². The van der Waals surface area contributed by atoms with Gasteiger partial charge in [-0.25, -0.2) is 0 Å². The molecule has 0 bridgehead atoms. The molecule has 0 aliphatic heterocycles. The van der Waals surface area contributed by atoms with Gasteiger partial charge in [0.25, 0.3) is 0 Å². The summed E-state index contributed by atoms with van der Waals surface area (Å²) in [5.74, 6) is 2.41. The minimum Gasteiger partial charge on any atom is -0.353 e. The summed E-state index contributed by atoms with van der Waals surface area (Å²) in [6, 6.07) is 0.457. The Hall–Kier alpha value is -0.570. The van der Waals surface area contributed by atoms with Gasteiger partial charge in [-0.05, 0) is 43.6 Å². The smallest absolute Gasteiger partial charge is 0.217 e. The van der Waals surface area contributed by atoms with Crippen molar-refractivity contribution in [2.45, 2.75) is 32.2 Å². The van der Waals surface area contributed by atoms with E-state index in [2.05, 4.69) is 5.32 Å². The number of amides is 1. The minimum absolute atomic E-state index is 0.111. The van der Waals surface area contributed by atoms with Gasteiger partial charge in [0.15, 0.2) is 0 Å². The zero-order valence-electron chi connectivity index (χ0n) is 8.12. The van der Waals surface area contributed by atoms with Crippen molar-refractivity contribution in [3.05, 3.63) is 0 Å². The van der Waals surface area contributed by atoms with Gasteiger partial charge in [0.1, 0.15) is 0 Å². The lowest BCUT2D eigenvalue weighted by molar-refractivity contribution is -0.121. The van der Waals surface area contributed by atoms with Crippen molar-refractivity contribution in [2.24, 2.45) is 23.5 Å². The third kappa shape index (κ3) is 1.57. The zero-order chi connectivity index (χ0) is 9.42. The number of nitrogens with one attached hydrogen (secondary N) is 1. The van der Waals surface area contributed by atoms with Crippen molar-refractivity contribution < 1.29 is 4.79 Å². The van der Waals surface area contributed by atoms with E-state index in [1.807, 2.05) is 0 Å². The largest absolute Gasteiger partial charge is 0.353 e. The Labute approximate surface area is 79.1 Å². The monoisotopic (exact) mass is 182 g/mol. The maximum absolute atomic E-state index is 10.9. The summed E-state index contributed by atoms with van der Waals surface area (Å²) in [5.41, 5.74) is 5.65. The van der Waals surface area contributed by atoms with Gasteiger partial charge in [-0.2, -0.15) is 0 Å². The summed E-state index contributed by atoms with van der Waals surface area (Å²) < 4.78 is 0. The molecule has 0 aromatic rings. The Morgan fingerprint density at radius 1 is 1.46 bits per heavy atom. The molecule has 0 saturated heterocycles. The van der Waals surface area contributed by atoms with Crippen LogP contribution < -0.4 is 11.1 Å². The maximum Gasteiger partial charge on any atom is 0.217 e. The molecule has 2 saturated carbocycles. The third-order valence-electron chi connectivity index (χ3n) is 3.64. The van der Waals surface area contributed by atoms with Crippen LogP contribution in [0.2, 0.25) is 0 Å². The first-order chi connectivity index (χ1) is 6.20. The van der Waals surface area contributed by atoms with E-state index in [-0.39, 0.29) is 5.91 Å². The van der Waals surface area contributed by atoms with Crippen molar-refractivity contribution in [1.82, 2.24) is 5.32 Å². The quantitative estimate of drug-likeness (QED) is 0.653. The summed E-state index contributed by atoms with van der Waals surface area (Å²) in [7, 11) is 0. The van der Waals surface area contributed by atoms with Crippen molar-refractivity contribution >= 4 is 5.91 Å². The molecular formula is C10H18N2O. The van der Waals surface area contributed by atoms with E-state index in [0.717, 1.165) is 18.4 Å². The minimum atomic E-state index is 0.111. The standard InChI is InChI=1S/C10H18N2O/c1-6(13)12-10-4-8-2-7(5-11)3-9(8)10/h7-10H,2-5,11H2,1H3,(H,12,13). The van der Waals surface area contributed by atoms with E-state index in [4.69, 9.17) is 5.73 Å². The average Bonchev–Trinajstić information content (AvgIpc) is 2.38. The molecule has 2 rings (SSSR count). The highest BCUT2D eigenvalue weighted by molar-refractivity contribution is 5.73. The summed E-state index contributed by atoms with van der Waals surface area (Å²) in [5, 5.41) is 3.02. The SMILES string of the molecule is CC(=O)NC1CC2CC(CN)CC21. The molecule has 2 aliphatic carbocycles. The van der Waals surface area contributed by atoms with Gasteiger partial charge < -0.3 is 11.1 Å². The molecule has 0 aromatic heterocycles. The van der Waals surface area contributed by atoms with Crippen LogP contribution in [-0.4, -0.2) is 18.5 Å². The highest BCUT2D eigenvalue weighted by atomic mass is 16.1. The van der Waals surface area contributed by atoms with Crippen LogP contribution in [0.4, 0.5) is 0 Å². The van der Waals surface area contributed by atoms with Crippen molar-refractivity contribution in [3.8, 4) is 0 Å². The molecule has 2 fully saturated rings. The number of rotatable bonds is 2. The lowest BCUT2D eigenvalue weighted by atomic mass is 9.71. The molecule has 0 aromatic carbocycles. The first-order valence-corrected chi connectivity index (χ1v) is 5.18. The first kappa shape index (κ1) is 9.00. The fraction of sp³-hybridized carbons (Fsp3) is 0.900. The van der Waals surface area contributed by atoms with Gasteiger partial charge in [0.2, 0.25) is 5.91 Å². The van der Waals surface area contributed by atoms with Crippen LogP contribution in [-0.2, 0) is 4.79 Å². The molecule has 4 unspecified atom stereocenters. The highest BCUT2D eigenvalue weighted by Crippen LogP contribution is 2.49. The van der Waals surface area contributed by atoms with Crippen molar-refractivity contribution in [3.63, 3.8) is 0 Å². The molecule has 3 N–H and O–H groups in total. The lowest BCUT2D eigenvalue weighted by Crippen LogP contribution is -2.49. The van der Waals surface area contributed by atoms with E-state index in [1.54, 1.807) is 6.92 Å². The molecule has 1 amide bonds. The number of hydrogen-bond acceptors (Lipinski definition) is 2. The number of hydrogen-bond donors (Lipinski definition) is 2. The topological polar surface area (TPSA) is 55.1 Å². The number of fused-ring (bicyclic) bond motifs is 1. The first-order valence-electron chi connectivity index (χ1n) is 5.18. The fourth-order valence-corrected chi connectivity index (χ4v) is 2.96. The zero-order valence-corrected chi connectivity index (χ0v) is 8.12. The van der Waals surface area contributed by atoms with Crippen LogP contribution in [0, 0.1) is 17.8 Å². The second kappa shape index (κ2) is 3.29. The maximum atomic E-state index is 10.9. The Balaban J connectivity index is 1.85. The molecule has 13 heavy (non-hydrogen) atoms. The van der Waals surface area contributed by atoms with Crippen LogP contribution in [0.1, 0.15) is 26.2 Å². The molecule has 0 radical (unpaired) electrons. The Bertz CT molecular complexity index is 217. The second-order valence-corrected chi connectivity index (χ2v) is 4.54. The van der Waals surface area contributed by atoms with Crippen molar-refractivity contribution in [2.75, 3.05) is 6.54 Å². The van der Waals surface area contributed by atoms with Crippen LogP contribution in [0.15, 0.2) is 0 Å². The molecule has 4 atom stereocenters. The predicted octanol–water partition coefficient (Wildman–Crippen LogP) is 0.496. The molecule has 2 aliphatic rings. The van der Waals surface area contributed by atoms with E-state index in [9.17, 15) is 4.79 Å². The summed E-state index contributed by atoms with van der Waals surface area (Å²) in [6.45, 7) is 2.42. The molecule has 74 valence electrons. The van der Waals surface area contributed by atoms with Crippen LogP contribution in [0.5, 0.6) is 0 Å². The predicted molar refractivity (Wildman–Crippen MR) is 51.0 cm³/mol. The van der Waals surface area contributed by atoms with Gasteiger partial charge in [-0.3, -0.25) is 4.79 Å². The third-order valence-corrected chi connectivity index (χ3v) is 3.64. The van der Waals surface area contributed by atoms with Gasteiger partial charge >= 0.3 is 0 Å². The fourth-order valence-electron chi connectivity index (χ4n) is 2.96. The van der Waals surface area contributed by atoms with Gasteiger partial charge in [-0.15, -0.1) is 0 Å². The molecule has 3 nitrogen and oxygen atoms in total. The molecular weight excluding hydrogens is 164 g/mol. The highest BCUT2D eigenvalue weighted by Gasteiger charge is 2.47. The van der Waals surface area contributed by atoms with Gasteiger partial charge in [0.05, 0.1) is 0 Å². The Kier molecular flexibility index (Phi) is 2.28. The number of carbonyl (C=O) groups excluding carboxylic acids is 1. The molecule has 0 heterocycles. The average molecular weight is 182 g/mol. The Morgan fingerprint density at radius 3 is 2.85 bits per heavy atom. The van der Waals surface area contributed by atoms with Crippen LogP contribution in [0.3, 0.4) is 0 Å². The Morgan fingerprint density at radius 2 is 2.23 bits per heavy atom. The molecule has 0 spiro atoms. The van der Waals surface area contributed by atoms with Crippen LogP contribution >= 0.6 is 0 Å². The van der Waals surface area contributed by atoms with E-state index in [0.29, 0.717) is 12.0 Å². The van der Waals surface area contributed by atoms with E-state index < -0.39 is 0 Å². The number of nitrogens with two attached hydrogens (primary N) is 1. The van der Waals surface area contributed by atoms with Crippen molar-refractivity contribution in [1.29, 1.82) is 0 Å². The van der Waals surface area contributed by atoms with E-state index in [1.165, 1.54) is 19.3 Å². The van der Waals surface area contributed by atoms with Gasteiger partial charge in [0, 0.05) is 13.0 Å². The van der Waals surface area contributed by atoms with Crippen LogP contribution in [0.25, 0.3) is 0 Å². The summed E-state index contributed by atoms with van der Waals surface area (Å²) in [6.07, 6.45) is 3.70. The second-order valence-electron chi connectivity index (χ2n) is 4.54. The summed E-state index contributed by atoms with van der Waals surface area (Å²) in [4.78, 5) is 10.9. The van der Waals surface area contributed by atoms with Gasteiger partial charge in [-0.1, -0.05) is 0 Å². The number of carbonyl (C=O) groups is 1.